The van der Waals surface area contributed by atoms with Crippen molar-refractivity contribution in [1.82, 2.24) is 9.97 Å². The summed E-state index contributed by atoms with van der Waals surface area (Å²) in [5.74, 6) is 1.04. The Bertz CT molecular complexity index is 670. The van der Waals surface area contributed by atoms with E-state index in [1.54, 1.807) is 7.11 Å². The van der Waals surface area contributed by atoms with Crippen LogP contribution >= 0.6 is 0 Å². The van der Waals surface area contributed by atoms with Crippen LogP contribution in [0.15, 0.2) is 48.5 Å². The number of ether oxygens (including phenoxy) is 1. The van der Waals surface area contributed by atoms with E-state index in [0.29, 0.717) is 6.61 Å². The van der Waals surface area contributed by atoms with E-state index < -0.39 is 0 Å². The number of methoxy groups -OCH3 is 1. The number of hydrogen-bond donors (Lipinski definition) is 1. The average molecular weight is 266 g/mol. The second kappa shape index (κ2) is 5.88. The van der Waals surface area contributed by atoms with E-state index in [1.807, 2.05) is 18.2 Å². The molecule has 102 valence electrons. The number of hydrogen-bond acceptors (Lipinski definition) is 2. The Balaban J connectivity index is 1.71. The summed E-state index contributed by atoms with van der Waals surface area (Å²) in [6.07, 6.45) is 1.91. The van der Waals surface area contributed by atoms with E-state index in [-0.39, 0.29) is 0 Å². The minimum absolute atomic E-state index is 0.665. The molecule has 1 aromatic heterocycles. The molecule has 0 aliphatic carbocycles. The summed E-state index contributed by atoms with van der Waals surface area (Å²) in [6, 6.07) is 16.7. The van der Waals surface area contributed by atoms with Crippen LogP contribution in [0, 0.1) is 0 Å². The van der Waals surface area contributed by atoms with Gasteiger partial charge >= 0.3 is 0 Å². The van der Waals surface area contributed by atoms with E-state index >= 15 is 0 Å². The lowest BCUT2D eigenvalue weighted by molar-refractivity contribution is 0.185. The zero-order valence-electron chi connectivity index (χ0n) is 11.6. The second-order valence-corrected chi connectivity index (χ2v) is 4.95. The predicted octanol–water partition coefficient (Wildman–Crippen LogP) is 3.49. The van der Waals surface area contributed by atoms with Crippen LogP contribution in [0.25, 0.3) is 11.0 Å². The lowest BCUT2D eigenvalue weighted by atomic mass is 10.1. The molecular weight excluding hydrogens is 248 g/mol. The summed E-state index contributed by atoms with van der Waals surface area (Å²) >= 11 is 0. The first kappa shape index (κ1) is 12.9. The van der Waals surface area contributed by atoms with E-state index in [9.17, 15) is 0 Å². The van der Waals surface area contributed by atoms with Gasteiger partial charge in [0.1, 0.15) is 5.82 Å². The minimum Gasteiger partial charge on any atom is -0.380 e. The first-order valence-electron chi connectivity index (χ1n) is 6.85. The quantitative estimate of drug-likeness (QED) is 0.767. The standard InChI is InChI=1S/C17H18N2O/c1-20-12-14-6-4-5-13(11-14)9-10-17-18-15-7-2-3-8-16(15)19-17/h2-8,11H,9-10,12H2,1H3,(H,18,19). The number of aromatic nitrogens is 2. The molecule has 0 aliphatic heterocycles. The first-order valence-corrected chi connectivity index (χ1v) is 6.85. The predicted molar refractivity (Wildman–Crippen MR) is 80.7 cm³/mol. The Morgan fingerprint density at radius 3 is 2.70 bits per heavy atom. The number of aromatic amines is 1. The Labute approximate surface area is 118 Å². The molecule has 0 fully saturated rings. The number of rotatable bonds is 5. The summed E-state index contributed by atoms with van der Waals surface area (Å²) in [4.78, 5) is 7.98. The van der Waals surface area contributed by atoms with Gasteiger partial charge in [-0.25, -0.2) is 4.98 Å². The second-order valence-electron chi connectivity index (χ2n) is 4.95. The molecule has 3 rings (SSSR count). The van der Waals surface area contributed by atoms with Crippen molar-refractivity contribution in [2.24, 2.45) is 0 Å². The van der Waals surface area contributed by atoms with Crippen LogP contribution in [0.4, 0.5) is 0 Å². The molecule has 2 aromatic carbocycles. The van der Waals surface area contributed by atoms with Crippen molar-refractivity contribution in [3.63, 3.8) is 0 Å². The molecule has 0 bridgehead atoms. The molecule has 0 amide bonds. The van der Waals surface area contributed by atoms with Crippen LogP contribution in [0.5, 0.6) is 0 Å². The molecule has 1 N–H and O–H groups in total. The number of nitrogens with zero attached hydrogens (tertiary/aromatic N) is 1. The molecule has 3 heteroatoms. The van der Waals surface area contributed by atoms with Crippen molar-refractivity contribution in [2.75, 3.05) is 7.11 Å². The third kappa shape index (κ3) is 2.89. The monoisotopic (exact) mass is 266 g/mol. The molecule has 3 aromatic rings. The van der Waals surface area contributed by atoms with E-state index in [2.05, 4.69) is 40.3 Å². The van der Waals surface area contributed by atoms with Gasteiger partial charge in [0.25, 0.3) is 0 Å². The molecule has 1 heterocycles. The minimum atomic E-state index is 0.665. The molecule has 0 saturated carbocycles. The number of imidazole rings is 1. The fourth-order valence-corrected chi connectivity index (χ4v) is 2.43. The van der Waals surface area contributed by atoms with E-state index in [0.717, 1.165) is 29.7 Å². The topological polar surface area (TPSA) is 37.9 Å². The van der Waals surface area contributed by atoms with Crippen molar-refractivity contribution in [3.05, 3.63) is 65.5 Å². The number of fused-ring (bicyclic) bond motifs is 1. The zero-order valence-corrected chi connectivity index (χ0v) is 11.6. The highest BCUT2D eigenvalue weighted by atomic mass is 16.5. The first-order chi connectivity index (χ1) is 9.85. The third-order valence-corrected chi connectivity index (χ3v) is 3.39. The Kier molecular flexibility index (Phi) is 3.79. The van der Waals surface area contributed by atoms with Crippen LogP contribution in [-0.2, 0) is 24.2 Å². The number of H-pyrrole nitrogens is 1. The van der Waals surface area contributed by atoms with Gasteiger partial charge < -0.3 is 9.72 Å². The van der Waals surface area contributed by atoms with Gasteiger partial charge in [0.2, 0.25) is 0 Å². The van der Waals surface area contributed by atoms with Gasteiger partial charge in [0, 0.05) is 13.5 Å². The maximum absolute atomic E-state index is 5.17. The van der Waals surface area contributed by atoms with Crippen molar-refractivity contribution in [1.29, 1.82) is 0 Å². The van der Waals surface area contributed by atoms with Crippen LogP contribution in [0.3, 0.4) is 0 Å². The third-order valence-electron chi connectivity index (χ3n) is 3.39. The number of para-hydroxylation sites is 2. The Hall–Kier alpha value is -2.13. The zero-order chi connectivity index (χ0) is 13.8. The smallest absolute Gasteiger partial charge is 0.107 e. The number of benzene rings is 2. The highest BCUT2D eigenvalue weighted by Crippen LogP contribution is 2.13. The van der Waals surface area contributed by atoms with Crippen molar-refractivity contribution in [2.45, 2.75) is 19.4 Å². The summed E-state index contributed by atoms with van der Waals surface area (Å²) in [5, 5.41) is 0. The van der Waals surface area contributed by atoms with E-state index in [4.69, 9.17) is 4.74 Å². The van der Waals surface area contributed by atoms with Gasteiger partial charge in [-0.3, -0.25) is 0 Å². The molecule has 0 radical (unpaired) electrons. The molecule has 0 saturated heterocycles. The van der Waals surface area contributed by atoms with Crippen molar-refractivity contribution < 1.29 is 4.74 Å². The lowest BCUT2D eigenvalue weighted by Gasteiger charge is -2.03. The van der Waals surface area contributed by atoms with Crippen molar-refractivity contribution >= 4 is 11.0 Å². The maximum atomic E-state index is 5.17. The molecule has 0 aliphatic rings. The molecule has 0 unspecified atom stereocenters. The van der Waals surface area contributed by atoms with Gasteiger partial charge in [-0.05, 0) is 29.7 Å². The van der Waals surface area contributed by atoms with Crippen LogP contribution < -0.4 is 0 Å². The SMILES string of the molecule is COCc1cccc(CCc2nc3ccccc3[nH]2)c1. The highest BCUT2D eigenvalue weighted by Gasteiger charge is 2.03. The fourth-order valence-electron chi connectivity index (χ4n) is 2.43. The van der Waals surface area contributed by atoms with Crippen LogP contribution in [0.2, 0.25) is 0 Å². The number of nitrogens with one attached hydrogen (secondary N) is 1. The molecular formula is C17H18N2O. The normalized spacial score (nSPS) is 11.1. The molecule has 0 atom stereocenters. The Morgan fingerprint density at radius 1 is 1.00 bits per heavy atom. The molecule has 0 spiro atoms. The van der Waals surface area contributed by atoms with Crippen LogP contribution in [0.1, 0.15) is 17.0 Å². The van der Waals surface area contributed by atoms with Gasteiger partial charge in [-0.2, -0.15) is 0 Å². The van der Waals surface area contributed by atoms with E-state index in [1.165, 1.54) is 11.1 Å². The van der Waals surface area contributed by atoms with Crippen molar-refractivity contribution in [3.8, 4) is 0 Å². The van der Waals surface area contributed by atoms with Gasteiger partial charge in [-0.15, -0.1) is 0 Å². The fraction of sp³-hybridized carbons (Fsp3) is 0.235. The summed E-state index contributed by atoms with van der Waals surface area (Å²) in [7, 11) is 1.72. The molecule has 3 nitrogen and oxygen atoms in total. The van der Waals surface area contributed by atoms with Gasteiger partial charge in [0.15, 0.2) is 0 Å². The Morgan fingerprint density at radius 2 is 1.85 bits per heavy atom. The lowest BCUT2D eigenvalue weighted by Crippen LogP contribution is -1.95. The summed E-state index contributed by atoms with van der Waals surface area (Å²) < 4.78 is 5.17. The van der Waals surface area contributed by atoms with Crippen LogP contribution in [-0.4, -0.2) is 17.1 Å². The average Bonchev–Trinajstić information content (AvgIpc) is 2.89. The summed E-state index contributed by atoms with van der Waals surface area (Å²) in [5.41, 5.74) is 4.68. The largest absolute Gasteiger partial charge is 0.380 e. The molecule has 20 heavy (non-hydrogen) atoms. The van der Waals surface area contributed by atoms with Gasteiger partial charge in [0.05, 0.1) is 17.6 Å². The number of aryl methyl sites for hydroxylation is 2. The highest BCUT2D eigenvalue weighted by molar-refractivity contribution is 5.74. The summed E-state index contributed by atoms with van der Waals surface area (Å²) in [6.45, 7) is 0.665. The van der Waals surface area contributed by atoms with Gasteiger partial charge in [-0.1, -0.05) is 36.4 Å². The maximum Gasteiger partial charge on any atom is 0.107 e.